The van der Waals surface area contributed by atoms with Gasteiger partial charge in [0, 0.05) is 16.2 Å². The minimum absolute atomic E-state index is 0.622. The molecule has 1 unspecified atom stereocenters. The molecular weight excluding hydrogens is 411 g/mol. The molecular formula is C29H23O2P. The first-order valence-corrected chi connectivity index (χ1v) is 12.4. The van der Waals surface area contributed by atoms with Crippen molar-refractivity contribution >= 4 is 29.1 Å². The van der Waals surface area contributed by atoms with E-state index in [4.69, 9.17) is 4.74 Å². The second-order valence-electron chi connectivity index (χ2n) is 7.70. The summed E-state index contributed by atoms with van der Waals surface area (Å²) in [6, 6.07) is 39.6. The number of benzene rings is 4. The quantitative estimate of drug-likeness (QED) is 0.336. The third kappa shape index (κ3) is 3.86. The van der Waals surface area contributed by atoms with Crippen LogP contribution in [0.3, 0.4) is 0 Å². The van der Waals surface area contributed by atoms with E-state index in [0.717, 1.165) is 33.1 Å². The maximum Gasteiger partial charge on any atom is 0.185 e. The zero-order chi connectivity index (χ0) is 21.8. The Morgan fingerprint density at radius 2 is 1.00 bits per heavy atom. The Balaban J connectivity index is 1.70. The third-order valence-electron chi connectivity index (χ3n) is 5.66. The minimum Gasteiger partial charge on any atom is -0.477 e. The number of allylic oxidation sites excluding steroid dienone is 2. The molecule has 156 valence electrons. The summed E-state index contributed by atoms with van der Waals surface area (Å²) in [6.07, 6.45) is 4.06. The summed E-state index contributed by atoms with van der Waals surface area (Å²) >= 11 is 0. The minimum atomic E-state index is -3.15. The van der Waals surface area contributed by atoms with Crippen LogP contribution in [0.25, 0.3) is 11.3 Å². The van der Waals surface area contributed by atoms with Gasteiger partial charge in [-0.25, -0.2) is 0 Å². The van der Waals surface area contributed by atoms with E-state index in [1.165, 1.54) is 0 Å². The van der Waals surface area contributed by atoms with Gasteiger partial charge in [-0.2, -0.15) is 0 Å². The molecule has 0 saturated heterocycles. The van der Waals surface area contributed by atoms with Crippen molar-refractivity contribution in [2.45, 2.75) is 5.85 Å². The van der Waals surface area contributed by atoms with Crippen molar-refractivity contribution in [3.05, 3.63) is 145 Å². The average molecular weight is 434 g/mol. The Bertz CT molecular complexity index is 1250. The fraction of sp³-hybridized carbons (Fsp3) is 0.0345. The molecule has 4 aromatic carbocycles. The Hall–Kier alpha value is -3.61. The van der Waals surface area contributed by atoms with Crippen molar-refractivity contribution in [1.29, 1.82) is 0 Å². The lowest BCUT2D eigenvalue weighted by molar-refractivity contribution is 0.276. The van der Waals surface area contributed by atoms with E-state index in [-0.39, 0.29) is 0 Å². The zero-order valence-electron chi connectivity index (χ0n) is 17.5. The molecule has 0 saturated carbocycles. The number of hydrogen-bond acceptors (Lipinski definition) is 2. The van der Waals surface area contributed by atoms with E-state index in [1.807, 2.05) is 121 Å². The van der Waals surface area contributed by atoms with Gasteiger partial charge in [0.05, 0.1) is 0 Å². The first-order chi connectivity index (χ1) is 15.7. The predicted molar refractivity (Wildman–Crippen MR) is 133 cm³/mol. The normalized spacial score (nSPS) is 15.9. The highest BCUT2D eigenvalue weighted by Crippen LogP contribution is 2.53. The van der Waals surface area contributed by atoms with Crippen LogP contribution in [0.4, 0.5) is 0 Å². The van der Waals surface area contributed by atoms with Gasteiger partial charge < -0.3 is 9.30 Å². The lowest BCUT2D eigenvalue weighted by atomic mass is 10.0. The van der Waals surface area contributed by atoms with Crippen molar-refractivity contribution in [2.24, 2.45) is 0 Å². The third-order valence-corrected chi connectivity index (χ3v) is 8.76. The summed E-state index contributed by atoms with van der Waals surface area (Å²) in [6.45, 7) is 0. The molecule has 4 aromatic rings. The van der Waals surface area contributed by atoms with Gasteiger partial charge in [-0.05, 0) is 23.3 Å². The highest BCUT2D eigenvalue weighted by Gasteiger charge is 2.39. The highest BCUT2D eigenvalue weighted by molar-refractivity contribution is 7.79. The molecule has 0 bridgehead atoms. The summed E-state index contributed by atoms with van der Waals surface area (Å²) in [5.74, 6) is 0.103. The van der Waals surface area contributed by atoms with Crippen molar-refractivity contribution in [2.75, 3.05) is 0 Å². The van der Waals surface area contributed by atoms with Crippen LogP contribution in [0.2, 0.25) is 0 Å². The van der Waals surface area contributed by atoms with E-state index in [9.17, 15) is 4.57 Å². The maximum atomic E-state index is 14.9. The second-order valence-corrected chi connectivity index (χ2v) is 10.6. The van der Waals surface area contributed by atoms with Crippen LogP contribution in [0.1, 0.15) is 11.1 Å². The van der Waals surface area contributed by atoms with Gasteiger partial charge in [0.25, 0.3) is 0 Å². The summed E-state index contributed by atoms with van der Waals surface area (Å²) in [4.78, 5) is 0. The summed E-state index contributed by atoms with van der Waals surface area (Å²) < 4.78 is 21.4. The van der Waals surface area contributed by atoms with Crippen LogP contribution >= 0.6 is 7.14 Å². The molecule has 1 heterocycles. The van der Waals surface area contributed by atoms with Crippen LogP contribution < -0.4 is 10.6 Å². The van der Waals surface area contributed by atoms with Crippen LogP contribution in [-0.4, -0.2) is 5.85 Å². The molecule has 1 aliphatic rings. The lowest BCUT2D eigenvalue weighted by Crippen LogP contribution is -2.27. The Morgan fingerprint density at radius 1 is 0.562 bits per heavy atom. The van der Waals surface area contributed by atoms with Crippen molar-refractivity contribution in [1.82, 2.24) is 0 Å². The molecule has 0 N–H and O–H groups in total. The zero-order valence-corrected chi connectivity index (χ0v) is 18.4. The molecule has 0 fully saturated rings. The number of hydrogen-bond donors (Lipinski definition) is 0. The molecule has 3 heteroatoms. The van der Waals surface area contributed by atoms with Gasteiger partial charge in [0.15, 0.2) is 13.0 Å². The van der Waals surface area contributed by atoms with E-state index in [2.05, 4.69) is 12.1 Å². The molecule has 0 aromatic heterocycles. The molecule has 0 radical (unpaired) electrons. The SMILES string of the molecule is O=P(c1ccccc1)(c1ccccc1)C1C=C(c2ccccc2)C=C(c2ccccc2)O1. The summed E-state index contributed by atoms with van der Waals surface area (Å²) in [5.41, 5.74) is 3.04. The Kier molecular flexibility index (Phi) is 5.62. The molecule has 0 aliphatic carbocycles. The lowest BCUT2D eigenvalue weighted by Gasteiger charge is -2.31. The molecule has 1 atom stereocenters. The molecule has 0 spiro atoms. The smallest absolute Gasteiger partial charge is 0.185 e. The first kappa shape index (κ1) is 20.3. The van der Waals surface area contributed by atoms with Gasteiger partial charge in [0.2, 0.25) is 0 Å². The van der Waals surface area contributed by atoms with Crippen molar-refractivity contribution in [3.8, 4) is 0 Å². The van der Waals surface area contributed by atoms with Crippen LogP contribution in [0, 0.1) is 0 Å². The van der Waals surface area contributed by atoms with Crippen molar-refractivity contribution < 1.29 is 9.30 Å². The van der Waals surface area contributed by atoms with E-state index in [0.29, 0.717) is 0 Å². The van der Waals surface area contributed by atoms with Gasteiger partial charge in [-0.3, -0.25) is 0 Å². The monoisotopic (exact) mass is 434 g/mol. The largest absolute Gasteiger partial charge is 0.477 e. The summed E-state index contributed by atoms with van der Waals surface area (Å²) in [7, 11) is -3.15. The topological polar surface area (TPSA) is 26.3 Å². The maximum absolute atomic E-state index is 14.9. The summed E-state index contributed by atoms with van der Waals surface area (Å²) in [5, 5.41) is 1.57. The van der Waals surface area contributed by atoms with Crippen molar-refractivity contribution in [3.63, 3.8) is 0 Å². The Labute approximate surface area is 188 Å². The van der Waals surface area contributed by atoms with Gasteiger partial charge >= 0.3 is 0 Å². The van der Waals surface area contributed by atoms with Gasteiger partial charge in [-0.1, -0.05) is 121 Å². The fourth-order valence-corrected chi connectivity index (χ4v) is 6.77. The van der Waals surface area contributed by atoms with Crippen LogP contribution in [-0.2, 0) is 9.30 Å². The van der Waals surface area contributed by atoms with Gasteiger partial charge in [-0.15, -0.1) is 0 Å². The number of ether oxygens (including phenoxy) is 1. The van der Waals surface area contributed by atoms with Crippen LogP contribution in [0.5, 0.6) is 0 Å². The van der Waals surface area contributed by atoms with E-state index >= 15 is 0 Å². The second kappa shape index (κ2) is 8.86. The average Bonchev–Trinajstić information content (AvgIpc) is 2.90. The molecule has 5 rings (SSSR count). The predicted octanol–water partition coefficient (Wildman–Crippen LogP) is 6.48. The Morgan fingerprint density at radius 3 is 1.50 bits per heavy atom. The first-order valence-electron chi connectivity index (χ1n) is 10.7. The standard InChI is InChI=1S/C29H23O2P/c30-32(26-17-9-3-10-18-26,27-19-11-4-12-20-27)29-22-25(23-13-5-1-6-14-23)21-28(31-29)24-15-7-2-8-16-24/h1-22,29H. The molecule has 1 aliphatic heterocycles. The highest BCUT2D eigenvalue weighted by atomic mass is 31.2. The van der Waals surface area contributed by atoms with Gasteiger partial charge in [0.1, 0.15) is 5.76 Å². The number of rotatable bonds is 5. The van der Waals surface area contributed by atoms with E-state index < -0.39 is 13.0 Å². The molecule has 0 amide bonds. The molecule has 32 heavy (non-hydrogen) atoms. The molecule has 2 nitrogen and oxygen atoms in total. The van der Waals surface area contributed by atoms with E-state index in [1.54, 1.807) is 0 Å². The fourth-order valence-electron chi connectivity index (χ4n) is 4.03. The van der Waals surface area contributed by atoms with Crippen LogP contribution in [0.15, 0.2) is 133 Å².